The molecule has 2 rings (SSSR count). The Kier molecular flexibility index (Phi) is 5.47. The third-order valence-electron chi connectivity index (χ3n) is 3.21. The summed E-state index contributed by atoms with van der Waals surface area (Å²) in [5.74, 6) is 1.66. The molecule has 7 heteroatoms. The highest BCUT2D eigenvalue weighted by Crippen LogP contribution is 2.25. The average molecular weight is 313 g/mol. The lowest BCUT2D eigenvalue weighted by Crippen LogP contribution is -2.15. The molecule has 4 N–H and O–H groups in total. The van der Waals surface area contributed by atoms with Gasteiger partial charge in [-0.05, 0) is 6.07 Å². The fourth-order valence-corrected chi connectivity index (χ4v) is 2.06. The number of nitriles is 1. The van der Waals surface area contributed by atoms with Crippen LogP contribution in [0.2, 0.25) is 0 Å². The van der Waals surface area contributed by atoms with Crippen LogP contribution in [0.5, 0.6) is 11.5 Å². The van der Waals surface area contributed by atoms with E-state index in [1.807, 2.05) is 24.3 Å². The standard InChI is InChI=1S/C16H19N5O2/c1-22-12-7-11(8-13(9-12)23-2)19-5-6-20-15-3-4-21-16(18)14(15)10-17/h3-4,7-9,19H,5-6H2,1-2H3,(H3,18,20,21). The van der Waals surface area contributed by atoms with Crippen molar-refractivity contribution in [1.29, 1.82) is 5.26 Å². The van der Waals surface area contributed by atoms with Crippen molar-refractivity contribution in [3.05, 3.63) is 36.0 Å². The summed E-state index contributed by atoms with van der Waals surface area (Å²) in [6, 6.07) is 9.35. The SMILES string of the molecule is COc1cc(NCCNc2ccnc(N)c2C#N)cc(OC)c1. The molecule has 0 aliphatic rings. The number of nitrogen functional groups attached to an aromatic ring is 1. The van der Waals surface area contributed by atoms with Crippen LogP contribution < -0.4 is 25.8 Å². The van der Waals surface area contributed by atoms with Crippen molar-refractivity contribution >= 4 is 17.2 Å². The number of nitrogens with zero attached hydrogens (tertiary/aromatic N) is 2. The van der Waals surface area contributed by atoms with Crippen molar-refractivity contribution in [2.24, 2.45) is 0 Å². The molecule has 0 radical (unpaired) electrons. The van der Waals surface area contributed by atoms with Crippen LogP contribution in [-0.4, -0.2) is 32.3 Å². The highest BCUT2D eigenvalue weighted by Gasteiger charge is 2.06. The van der Waals surface area contributed by atoms with Crippen molar-refractivity contribution in [1.82, 2.24) is 4.98 Å². The molecule has 7 nitrogen and oxygen atoms in total. The predicted octanol–water partition coefficient (Wildman–Crippen LogP) is 2.08. The van der Waals surface area contributed by atoms with Gasteiger partial charge in [0.2, 0.25) is 0 Å². The third kappa shape index (κ3) is 4.17. The fraction of sp³-hybridized carbons (Fsp3) is 0.250. The Morgan fingerprint density at radius 3 is 2.39 bits per heavy atom. The number of methoxy groups -OCH3 is 2. The summed E-state index contributed by atoms with van der Waals surface area (Å²) >= 11 is 0. The Labute approximate surface area is 135 Å². The lowest BCUT2D eigenvalue weighted by Gasteiger charge is -2.12. The number of nitrogens with one attached hydrogen (secondary N) is 2. The largest absolute Gasteiger partial charge is 0.497 e. The Bertz CT molecular complexity index is 690. The van der Waals surface area contributed by atoms with Crippen LogP contribution in [0.25, 0.3) is 0 Å². The van der Waals surface area contributed by atoms with Crippen LogP contribution in [0.4, 0.5) is 17.2 Å². The van der Waals surface area contributed by atoms with E-state index in [2.05, 4.69) is 15.6 Å². The van der Waals surface area contributed by atoms with Crippen LogP contribution in [0, 0.1) is 11.3 Å². The van der Waals surface area contributed by atoms with Gasteiger partial charge < -0.3 is 25.8 Å². The van der Waals surface area contributed by atoms with E-state index < -0.39 is 0 Å². The van der Waals surface area contributed by atoms with E-state index >= 15 is 0 Å². The van der Waals surface area contributed by atoms with E-state index in [9.17, 15) is 0 Å². The molecule has 0 saturated heterocycles. The Balaban J connectivity index is 1.94. The van der Waals surface area contributed by atoms with E-state index in [-0.39, 0.29) is 5.82 Å². The first kappa shape index (κ1) is 16.2. The van der Waals surface area contributed by atoms with Crippen molar-refractivity contribution in [2.75, 3.05) is 43.7 Å². The maximum absolute atomic E-state index is 9.10. The highest BCUT2D eigenvalue weighted by molar-refractivity contribution is 5.66. The maximum atomic E-state index is 9.10. The summed E-state index contributed by atoms with van der Waals surface area (Å²) in [6.07, 6.45) is 1.57. The van der Waals surface area contributed by atoms with E-state index in [0.29, 0.717) is 35.8 Å². The van der Waals surface area contributed by atoms with Gasteiger partial charge in [0.15, 0.2) is 0 Å². The Morgan fingerprint density at radius 1 is 1.13 bits per heavy atom. The topological polar surface area (TPSA) is 105 Å². The molecule has 0 fully saturated rings. The van der Waals surface area contributed by atoms with E-state index in [1.165, 1.54) is 0 Å². The van der Waals surface area contributed by atoms with Gasteiger partial charge in [0, 0.05) is 43.2 Å². The third-order valence-corrected chi connectivity index (χ3v) is 3.21. The quantitative estimate of drug-likeness (QED) is 0.672. The van der Waals surface area contributed by atoms with Gasteiger partial charge in [-0.3, -0.25) is 0 Å². The van der Waals surface area contributed by atoms with Gasteiger partial charge >= 0.3 is 0 Å². The number of aromatic nitrogens is 1. The summed E-state index contributed by atoms with van der Waals surface area (Å²) in [5.41, 5.74) is 7.59. The number of nitrogens with two attached hydrogens (primary N) is 1. The molecule has 0 aliphatic carbocycles. The average Bonchev–Trinajstić information content (AvgIpc) is 2.58. The first-order valence-corrected chi connectivity index (χ1v) is 7.03. The van der Waals surface area contributed by atoms with E-state index in [1.54, 1.807) is 26.5 Å². The van der Waals surface area contributed by atoms with Crippen molar-refractivity contribution in [2.45, 2.75) is 0 Å². The van der Waals surface area contributed by atoms with Gasteiger partial charge in [0.05, 0.1) is 19.9 Å². The number of benzene rings is 1. The minimum atomic E-state index is 0.225. The van der Waals surface area contributed by atoms with Gasteiger partial charge in [-0.1, -0.05) is 0 Å². The first-order chi connectivity index (χ1) is 11.2. The van der Waals surface area contributed by atoms with Gasteiger partial charge in [-0.25, -0.2) is 4.98 Å². The maximum Gasteiger partial charge on any atom is 0.143 e. The molecule has 120 valence electrons. The number of ether oxygens (including phenoxy) is 2. The summed E-state index contributed by atoms with van der Waals surface area (Å²) in [4.78, 5) is 3.90. The second-order valence-corrected chi connectivity index (χ2v) is 4.69. The molecule has 0 unspecified atom stereocenters. The lowest BCUT2D eigenvalue weighted by atomic mass is 10.2. The van der Waals surface area contributed by atoms with Crippen LogP contribution in [0.1, 0.15) is 5.56 Å². The second kappa shape index (κ2) is 7.75. The number of hydrogen-bond acceptors (Lipinski definition) is 7. The Hall–Kier alpha value is -3.14. The van der Waals surface area contributed by atoms with Gasteiger partial charge in [0.1, 0.15) is 28.9 Å². The molecule has 0 spiro atoms. The minimum Gasteiger partial charge on any atom is -0.497 e. The molecule has 1 heterocycles. The minimum absolute atomic E-state index is 0.225. The number of rotatable bonds is 7. The van der Waals surface area contributed by atoms with Crippen LogP contribution in [0.3, 0.4) is 0 Å². The first-order valence-electron chi connectivity index (χ1n) is 7.03. The van der Waals surface area contributed by atoms with Gasteiger partial charge in [-0.2, -0.15) is 5.26 Å². The summed E-state index contributed by atoms with van der Waals surface area (Å²) in [5, 5.41) is 15.5. The molecule has 0 aliphatic heterocycles. The van der Waals surface area contributed by atoms with Gasteiger partial charge in [0.25, 0.3) is 0 Å². The Morgan fingerprint density at radius 2 is 1.78 bits per heavy atom. The van der Waals surface area contributed by atoms with Crippen molar-refractivity contribution < 1.29 is 9.47 Å². The smallest absolute Gasteiger partial charge is 0.143 e. The molecule has 0 atom stereocenters. The van der Waals surface area contributed by atoms with Crippen molar-refractivity contribution in [3.63, 3.8) is 0 Å². The summed E-state index contributed by atoms with van der Waals surface area (Å²) in [7, 11) is 3.22. The molecule has 1 aromatic heterocycles. The predicted molar refractivity (Wildman–Crippen MR) is 89.9 cm³/mol. The van der Waals surface area contributed by atoms with Crippen molar-refractivity contribution in [3.8, 4) is 17.6 Å². The molecule has 2 aromatic rings. The molecular weight excluding hydrogens is 294 g/mol. The molecule has 23 heavy (non-hydrogen) atoms. The van der Waals surface area contributed by atoms with E-state index in [0.717, 1.165) is 5.69 Å². The summed E-state index contributed by atoms with van der Waals surface area (Å²) < 4.78 is 10.4. The molecule has 1 aromatic carbocycles. The molecule has 0 amide bonds. The van der Waals surface area contributed by atoms with Crippen LogP contribution in [-0.2, 0) is 0 Å². The zero-order chi connectivity index (χ0) is 16.7. The highest BCUT2D eigenvalue weighted by atomic mass is 16.5. The zero-order valence-corrected chi connectivity index (χ0v) is 13.1. The lowest BCUT2D eigenvalue weighted by molar-refractivity contribution is 0.394. The molecular formula is C16H19N5O2. The number of pyridine rings is 1. The molecule has 0 saturated carbocycles. The van der Waals surface area contributed by atoms with Crippen LogP contribution >= 0.6 is 0 Å². The fourth-order valence-electron chi connectivity index (χ4n) is 2.06. The normalized spacial score (nSPS) is 9.78. The van der Waals surface area contributed by atoms with E-state index in [4.69, 9.17) is 20.5 Å². The summed E-state index contributed by atoms with van der Waals surface area (Å²) in [6.45, 7) is 1.25. The van der Waals surface area contributed by atoms with Crippen LogP contribution in [0.15, 0.2) is 30.5 Å². The number of hydrogen-bond donors (Lipinski definition) is 3. The second-order valence-electron chi connectivity index (χ2n) is 4.69. The van der Waals surface area contributed by atoms with Gasteiger partial charge in [-0.15, -0.1) is 0 Å². The number of anilines is 3. The monoisotopic (exact) mass is 313 g/mol. The zero-order valence-electron chi connectivity index (χ0n) is 13.1. The molecule has 0 bridgehead atoms.